The third-order valence-electron chi connectivity index (χ3n) is 4.82. The second-order valence-electron chi connectivity index (χ2n) is 6.67. The van der Waals surface area contributed by atoms with Crippen molar-refractivity contribution in [1.82, 2.24) is 9.80 Å². The van der Waals surface area contributed by atoms with E-state index in [1.54, 1.807) is 0 Å². The van der Waals surface area contributed by atoms with Crippen LogP contribution in [-0.4, -0.2) is 48.9 Å². The van der Waals surface area contributed by atoms with Gasteiger partial charge in [0.2, 0.25) is 0 Å². The molecule has 3 rings (SSSR count). The average molecular weight is 333 g/mol. The van der Waals surface area contributed by atoms with Gasteiger partial charge in [-0.1, -0.05) is 18.2 Å². The molecule has 1 aliphatic heterocycles. The molecule has 0 aromatic heterocycles. The van der Waals surface area contributed by atoms with Gasteiger partial charge in [0, 0.05) is 25.2 Å². The van der Waals surface area contributed by atoms with Gasteiger partial charge in [0.15, 0.2) is 0 Å². The van der Waals surface area contributed by atoms with Gasteiger partial charge in [0.1, 0.15) is 0 Å². The molecule has 1 amide bonds. The monoisotopic (exact) mass is 333 g/mol. The van der Waals surface area contributed by atoms with Crippen molar-refractivity contribution in [2.75, 3.05) is 33.2 Å². The minimum Gasteiger partial charge on any atom is -0.337 e. The van der Waals surface area contributed by atoms with Gasteiger partial charge in [-0.05, 0) is 67.9 Å². The Balaban J connectivity index is 1.87. The van der Waals surface area contributed by atoms with Crippen molar-refractivity contribution in [3.05, 3.63) is 59.2 Å². The molecule has 0 bridgehead atoms. The molecule has 0 saturated carbocycles. The van der Waals surface area contributed by atoms with E-state index in [9.17, 15) is 4.79 Å². The highest BCUT2D eigenvalue weighted by atomic mass is 16.2. The minimum atomic E-state index is 0.102. The molecule has 0 spiro atoms. The topological polar surface area (TPSA) is 47.3 Å². The molecule has 2 aromatic carbocycles. The molecule has 4 heteroatoms. The molecule has 1 fully saturated rings. The molecule has 1 aliphatic rings. The summed E-state index contributed by atoms with van der Waals surface area (Å²) in [5.74, 6) is 0.102. The molecule has 0 N–H and O–H groups in total. The molecule has 25 heavy (non-hydrogen) atoms. The van der Waals surface area contributed by atoms with Crippen molar-refractivity contribution in [3.8, 4) is 17.2 Å². The minimum absolute atomic E-state index is 0.102. The highest BCUT2D eigenvalue weighted by Crippen LogP contribution is 2.25. The van der Waals surface area contributed by atoms with E-state index >= 15 is 0 Å². The van der Waals surface area contributed by atoms with Gasteiger partial charge in [-0.15, -0.1) is 0 Å². The Morgan fingerprint density at radius 1 is 1.04 bits per heavy atom. The third kappa shape index (κ3) is 3.89. The molecule has 0 atom stereocenters. The lowest BCUT2D eigenvalue weighted by molar-refractivity contribution is 0.0763. The van der Waals surface area contributed by atoms with Crippen LogP contribution in [0.25, 0.3) is 11.1 Å². The summed E-state index contributed by atoms with van der Waals surface area (Å²) in [6, 6.07) is 15.5. The van der Waals surface area contributed by atoms with Crippen molar-refractivity contribution >= 4 is 5.91 Å². The Morgan fingerprint density at radius 2 is 1.80 bits per heavy atom. The molecule has 128 valence electrons. The summed E-state index contributed by atoms with van der Waals surface area (Å²) in [7, 11) is 2.10. The number of rotatable bonds is 2. The maximum absolute atomic E-state index is 12.9. The fourth-order valence-electron chi connectivity index (χ4n) is 3.22. The van der Waals surface area contributed by atoms with Gasteiger partial charge in [0.05, 0.1) is 11.6 Å². The number of carbonyl (C=O) groups is 1. The fraction of sp³-hybridized carbons (Fsp3) is 0.333. The molecule has 1 heterocycles. The van der Waals surface area contributed by atoms with Crippen LogP contribution in [0.4, 0.5) is 0 Å². The fourth-order valence-corrected chi connectivity index (χ4v) is 3.22. The zero-order valence-corrected chi connectivity index (χ0v) is 14.8. The van der Waals surface area contributed by atoms with Gasteiger partial charge < -0.3 is 9.80 Å². The summed E-state index contributed by atoms with van der Waals surface area (Å²) in [5.41, 5.74) is 4.57. The summed E-state index contributed by atoms with van der Waals surface area (Å²) in [6.45, 7) is 5.58. The SMILES string of the molecule is Cc1ccc(C(=O)N2CCCN(C)CC2)cc1-c1ccc(C#N)cc1. The Hall–Kier alpha value is -2.64. The molecule has 0 unspecified atom stereocenters. The smallest absolute Gasteiger partial charge is 0.253 e. The first-order valence-corrected chi connectivity index (χ1v) is 8.67. The Bertz CT molecular complexity index is 805. The zero-order valence-electron chi connectivity index (χ0n) is 14.8. The largest absolute Gasteiger partial charge is 0.337 e. The highest BCUT2D eigenvalue weighted by Gasteiger charge is 2.19. The summed E-state index contributed by atoms with van der Waals surface area (Å²) in [4.78, 5) is 17.1. The number of aryl methyl sites for hydroxylation is 1. The van der Waals surface area contributed by atoms with Crippen LogP contribution in [0.2, 0.25) is 0 Å². The number of amides is 1. The van der Waals surface area contributed by atoms with E-state index in [0.717, 1.165) is 54.9 Å². The Morgan fingerprint density at radius 3 is 2.52 bits per heavy atom. The van der Waals surface area contributed by atoms with Gasteiger partial charge in [-0.2, -0.15) is 5.26 Å². The summed E-state index contributed by atoms with van der Waals surface area (Å²) in [6.07, 6.45) is 1.01. The van der Waals surface area contributed by atoms with E-state index in [2.05, 4.69) is 18.0 Å². The number of hydrogen-bond donors (Lipinski definition) is 0. The first-order valence-electron chi connectivity index (χ1n) is 8.67. The molecular formula is C21H23N3O. The zero-order chi connectivity index (χ0) is 17.8. The van der Waals surface area contributed by atoms with Crippen LogP contribution in [0.5, 0.6) is 0 Å². The second kappa shape index (κ2) is 7.50. The van der Waals surface area contributed by atoms with Gasteiger partial charge in [0.25, 0.3) is 5.91 Å². The lowest BCUT2D eigenvalue weighted by Crippen LogP contribution is -2.34. The van der Waals surface area contributed by atoms with Gasteiger partial charge in [-0.25, -0.2) is 0 Å². The van der Waals surface area contributed by atoms with E-state index in [0.29, 0.717) is 5.56 Å². The highest BCUT2D eigenvalue weighted by molar-refractivity contribution is 5.95. The lowest BCUT2D eigenvalue weighted by Gasteiger charge is -2.21. The molecular weight excluding hydrogens is 310 g/mol. The van der Waals surface area contributed by atoms with Gasteiger partial charge >= 0.3 is 0 Å². The number of benzene rings is 2. The molecule has 0 radical (unpaired) electrons. The summed E-state index contributed by atoms with van der Waals surface area (Å²) >= 11 is 0. The number of nitriles is 1. The lowest BCUT2D eigenvalue weighted by atomic mass is 9.97. The number of likely N-dealkylation sites (N-methyl/N-ethyl adjacent to an activating group) is 1. The van der Waals surface area contributed by atoms with Crippen LogP contribution >= 0.6 is 0 Å². The second-order valence-corrected chi connectivity index (χ2v) is 6.67. The first kappa shape index (κ1) is 17.2. The van der Waals surface area contributed by atoms with Crippen LogP contribution in [0, 0.1) is 18.3 Å². The number of nitrogens with zero attached hydrogens (tertiary/aromatic N) is 3. The number of carbonyl (C=O) groups excluding carboxylic acids is 1. The van der Waals surface area contributed by atoms with Crippen LogP contribution in [0.1, 0.15) is 27.9 Å². The van der Waals surface area contributed by atoms with Crippen LogP contribution in [0.15, 0.2) is 42.5 Å². The van der Waals surface area contributed by atoms with Crippen LogP contribution < -0.4 is 0 Å². The first-order chi connectivity index (χ1) is 12.1. The predicted molar refractivity (Wildman–Crippen MR) is 99.3 cm³/mol. The Labute approximate surface area is 149 Å². The van der Waals surface area contributed by atoms with Crippen molar-refractivity contribution in [1.29, 1.82) is 5.26 Å². The van der Waals surface area contributed by atoms with E-state index < -0.39 is 0 Å². The van der Waals surface area contributed by atoms with Crippen molar-refractivity contribution in [2.24, 2.45) is 0 Å². The predicted octanol–water partition coefficient (Wildman–Crippen LogP) is 3.31. The van der Waals surface area contributed by atoms with Gasteiger partial charge in [-0.3, -0.25) is 4.79 Å². The number of hydrogen-bond acceptors (Lipinski definition) is 3. The standard InChI is InChI=1S/C21H23N3O/c1-16-4-7-19(21(25)24-11-3-10-23(2)12-13-24)14-20(16)18-8-5-17(15-22)6-9-18/h4-9,14H,3,10-13H2,1-2H3. The van der Waals surface area contributed by atoms with E-state index in [-0.39, 0.29) is 5.91 Å². The van der Waals surface area contributed by atoms with Crippen molar-refractivity contribution < 1.29 is 4.79 Å². The molecule has 0 aliphatic carbocycles. The van der Waals surface area contributed by atoms with Crippen LogP contribution in [-0.2, 0) is 0 Å². The normalized spacial score (nSPS) is 15.5. The quantitative estimate of drug-likeness (QED) is 0.847. The molecule has 4 nitrogen and oxygen atoms in total. The van der Waals surface area contributed by atoms with Crippen molar-refractivity contribution in [2.45, 2.75) is 13.3 Å². The van der Waals surface area contributed by atoms with E-state index in [1.807, 2.05) is 54.3 Å². The third-order valence-corrected chi connectivity index (χ3v) is 4.82. The molecule has 1 saturated heterocycles. The summed E-state index contributed by atoms with van der Waals surface area (Å²) < 4.78 is 0. The maximum atomic E-state index is 12.9. The average Bonchev–Trinajstić information content (AvgIpc) is 2.86. The van der Waals surface area contributed by atoms with E-state index in [4.69, 9.17) is 5.26 Å². The maximum Gasteiger partial charge on any atom is 0.253 e. The van der Waals surface area contributed by atoms with Crippen molar-refractivity contribution in [3.63, 3.8) is 0 Å². The molecule has 2 aromatic rings. The Kier molecular flexibility index (Phi) is 5.16. The van der Waals surface area contributed by atoms with E-state index in [1.165, 1.54) is 0 Å². The summed E-state index contributed by atoms with van der Waals surface area (Å²) in [5, 5.41) is 8.95. The van der Waals surface area contributed by atoms with Crippen LogP contribution in [0.3, 0.4) is 0 Å².